The molecule has 0 unspecified atom stereocenters. The number of nitro groups is 1. The monoisotopic (exact) mass is 417 g/mol. The number of non-ortho nitro benzene ring substituents is 1. The molecule has 2 aromatic carbocycles. The molecule has 154 valence electrons. The summed E-state index contributed by atoms with van der Waals surface area (Å²) in [6.07, 6.45) is 4.44. The summed E-state index contributed by atoms with van der Waals surface area (Å²) in [5, 5.41) is 11.3. The number of piperidine rings is 1. The lowest BCUT2D eigenvalue weighted by Crippen LogP contribution is -2.37. The molecule has 1 aliphatic heterocycles. The Kier molecular flexibility index (Phi) is 4.85. The number of nitrogens with zero attached hydrogens (tertiary/aromatic N) is 2. The van der Waals surface area contributed by atoms with E-state index in [9.17, 15) is 18.5 Å². The quantitative estimate of drug-likeness (QED) is 0.567. The van der Waals surface area contributed by atoms with E-state index in [-0.39, 0.29) is 21.7 Å². The van der Waals surface area contributed by atoms with Gasteiger partial charge in [-0.05, 0) is 49.3 Å². The van der Waals surface area contributed by atoms with Gasteiger partial charge in [-0.15, -0.1) is 0 Å². The topological polar surface area (TPSA) is 102 Å². The number of hydrogen-bond acceptors (Lipinski definition) is 6. The van der Waals surface area contributed by atoms with Crippen molar-refractivity contribution in [2.45, 2.75) is 30.6 Å². The number of ether oxygens (including phenoxy) is 1. The smallest absolute Gasteiger partial charge is 0.270 e. The van der Waals surface area contributed by atoms with E-state index in [2.05, 4.69) is 9.62 Å². The van der Waals surface area contributed by atoms with E-state index in [1.165, 1.54) is 13.2 Å². The summed E-state index contributed by atoms with van der Waals surface area (Å²) in [5.74, 6) is 0.373. The number of rotatable bonds is 6. The first kappa shape index (κ1) is 19.5. The molecule has 0 aromatic heterocycles. The second kappa shape index (κ2) is 7.22. The minimum Gasteiger partial charge on any atom is -0.495 e. The largest absolute Gasteiger partial charge is 0.495 e. The molecule has 0 radical (unpaired) electrons. The summed E-state index contributed by atoms with van der Waals surface area (Å²) < 4.78 is 34.3. The summed E-state index contributed by atoms with van der Waals surface area (Å²) in [7, 11) is -2.62. The van der Waals surface area contributed by atoms with Crippen molar-refractivity contribution in [2.24, 2.45) is 5.41 Å². The summed E-state index contributed by atoms with van der Waals surface area (Å²) >= 11 is 0. The van der Waals surface area contributed by atoms with Gasteiger partial charge in [-0.25, -0.2) is 8.42 Å². The van der Waals surface area contributed by atoms with Crippen LogP contribution in [-0.2, 0) is 10.0 Å². The lowest BCUT2D eigenvalue weighted by molar-refractivity contribution is -0.385. The van der Waals surface area contributed by atoms with Gasteiger partial charge >= 0.3 is 0 Å². The van der Waals surface area contributed by atoms with E-state index in [0.717, 1.165) is 44.8 Å². The zero-order valence-corrected chi connectivity index (χ0v) is 16.9. The highest BCUT2D eigenvalue weighted by atomic mass is 32.2. The highest BCUT2D eigenvalue weighted by molar-refractivity contribution is 7.93. The van der Waals surface area contributed by atoms with Gasteiger partial charge in [0.2, 0.25) is 0 Å². The molecule has 2 aromatic rings. The van der Waals surface area contributed by atoms with Gasteiger partial charge in [-0.3, -0.25) is 14.8 Å². The van der Waals surface area contributed by atoms with Gasteiger partial charge in [0.15, 0.2) is 0 Å². The number of methoxy groups -OCH3 is 1. The summed E-state index contributed by atoms with van der Waals surface area (Å²) in [6.45, 7) is 1.51. The Morgan fingerprint density at radius 1 is 1.17 bits per heavy atom. The number of sulfonamides is 1. The minimum absolute atomic E-state index is 0.0877. The van der Waals surface area contributed by atoms with Crippen molar-refractivity contribution < 1.29 is 18.1 Å². The predicted octanol–water partition coefficient (Wildman–Crippen LogP) is 3.78. The maximum atomic E-state index is 13.3. The zero-order valence-electron chi connectivity index (χ0n) is 16.1. The lowest BCUT2D eigenvalue weighted by Gasteiger charge is -2.35. The molecule has 2 fully saturated rings. The van der Waals surface area contributed by atoms with Gasteiger partial charge in [-0.1, -0.05) is 12.1 Å². The van der Waals surface area contributed by atoms with Crippen molar-refractivity contribution in [3.63, 3.8) is 0 Å². The Bertz CT molecular complexity index is 1050. The van der Waals surface area contributed by atoms with E-state index in [1.807, 2.05) is 0 Å². The van der Waals surface area contributed by atoms with E-state index >= 15 is 0 Å². The summed E-state index contributed by atoms with van der Waals surface area (Å²) in [4.78, 5) is 12.7. The van der Waals surface area contributed by atoms with E-state index in [1.54, 1.807) is 30.3 Å². The first-order valence-electron chi connectivity index (χ1n) is 9.53. The average Bonchev–Trinajstić information content (AvgIpc) is 3.45. The Hall–Kier alpha value is -2.81. The molecule has 4 rings (SSSR count). The molecule has 9 heteroatoms. The van der Waals surface area contributed by atoms with Crippen molar-refractivity contribution in [3.05, 3.63) is 52.6 Å². The molecule has 1 aliphatic carbocycles. The first-order chi connectivity index (χ1) is 13.8. The number of nitrogens with one attached hydrogen (secondary N) is 1. The molecule has 1 heterocycles. The Labute approximate surface area is 169 Å². The van der Waals surface area contributed by atoms with Crippen LogP contribution in [0.5, 0.6) is 5.75 Å². The molecule has 0 amide bonds. The SMILES string of the molecule is COc1ccccc1NS(=O)(=O)c1cc([N+](=O)[O-])ccc1N1CCCC2(CC2)C1. The van der Waals surface area contributed by atoms with Crippen molar-refractivity contribution in [1.29, 1.82) is 0 Å². The zero-order chi connectivity index (χ0) is 20.6. The summed E-state index contributed by atoms with van der Waals surface area (Å²) in [5.41, 5.74) is 0.804. The second-order valence-electron chi connectivity index (χ2n) is 7.74. The highest BCUT2D eigenvalue weighted by Gasteiger charge is 2.46. The summed E-state index contributed by atoms with van der Waals surface area (Å²) in [6, 6.07) is 10.7. The molecule has 0 atom stereocenters. The number of hydrogen-bond donors (Lipinski definition) is 1. The van der Waals surface area contributed by atoms with Gasteiger partial charge in [0, 0.05) is 25.2 Å². The number of anilines is 2. The number of nitro benzene ring substituents is 1. The molecule has 1 N–H and O–H groups in total. The highest BCUT2D eigenvalue weighted by Crippen LogP contribution is 2.53. The van der Waals surface area contributed by atoms with Crippen molar-refractivity contribution in [3.8, 4) is 5.75 Å². The lowest BCUT2D eigenvalue weighted by atomic mass is 9.94. The minimum atomic E-state index is -4.07. The van der Waals surface area contributed by atoms with Crippen LogP contribution in [0.15, 0.2) is 47.4 Å². The predicted molar refractivity (Wildman–Crippen MR) is 110 cm³/mol. The van der Waals surface area contributed by atoms with Crippen LogP contribution in [0.4, 0.5) is 17.1 Å². The van der Waals surface area contributed by atoms with Crippen molar-refractivity contribution in [1.82, 2.24) is 0 Å². The van der Waals surface area contributed by atoms with Crippen molar-refractivity contribution >= 4 is 27.1 Å². The molecule has 0 bridgehead atoms. The Balaban J connectivity index is 1.75. The maximum Gasteiger partial charge on any atom is 0.270 e. The van der Waals surface area contributed by atoms with Gasteiger partial charge in [0.05, 0.1) is 23.4 Å². The second-order valence-corrected chi connectivity index (χ2v) is 9.39. The standard InChI is InChI=1S/C20H23N3O5S/c1-28-18-6-3-2-5-16(18)21-29(26,27)19-13-15(23(24)25)7-8-17(19)22-12-4-9-20(14-22)10-11-20/h2-3,5-8,13,21H,4,9-12,14H2,1H3. The normalized spacial score (nSPS) is 17.8. The average molecular weight is 417 g/mol. The first-order valence-corrected chi connectivity index (χ1v) is 11.0. The molecule has 29 heavy (non-hydrogen) atoms. The maximum absolute atomic E-state index is 13.3. The molecule has 1 saturated heterocycles. The van der Waals surface area contributed by atoms with Crippen LogP contribution in [-0.4, -0.2) is 33.5 Å². The number of para-hydroxylation sites is 2. The third-order valence-corrected chi connectivity index (χ3v) is 7.15. The third-order valence-electron chi connectivity index (χ3n) is 5.75. The third kappa shape index (κ3) is 3.87. The van der Waals surface area contributed by atoms with Gasteiger partial charge in [0.25, 0.3) is 15.7 Å². The molecular formula is C20H23N3O5S. The number of benzene rings is 2. The van der Waals surface area contributed by atoms with Crippen LogP contribution in [0.3, 0.4) is 0 Å². The molecular weight excluding hydrogens is 394 g/mol. The Morgan fingerprint density at radius 2 is 1.93 bits per heavy atom. The fourth-order valence-corrected chi connectivity index (χ4v) is 5.34. The molecule has 2 aliphatic rings. The van der Waals surface area contributed by atoms with Crippen LogP contribution in [0.2, 0.25) is 0 Å². The van der Waals surface area contributed by atoms with Crippen LogP contribution in [0, 0.1) is 15.5 Å². The fourth-order valence-electron chi connectivity index (χ4n) is 4.02. The van der Waals surface area contributed by atoms with Crippen LogP contribution >= 0.6 is 0 Å². The molecule has 1 saturated carbocycles. The van der Waals surface area contributed by atoms with E-state index in [4.69, 9.17) is 4.74 Å². The fraction of sp³-hybridized carbons (Fsp3) is 0.400. The van der Waals surface area contributed by atoms with Gasteiger partial charge in [-0.2, -0.15) is 0 Å². The Morgan fingerprint density at radius 3 is 2.62 bits per heavy atom. The van der Waals surface area contributed by atoms with Crippen LogP contribution in [0.1, 0.15) is 25.7 Å². The van der Waals surface area contributed by atoms with Gasteiger partial charge in [0.1, 0.15) is 10.6 Å². The van der Waals surface area contributed by atoms with E-state index < -0.39 is 14.9 Å². The van der Waals surface area contributed by atoms with Gasteiger partial charge < -0.3 is 9.64 Å². The molecule has 8 nitrogen and oxygen atoms in total. The van der Waals surface area contributed by atoms with Crippen molar-refractivity contribution in [2.75, 3.05) is 29.8 Å². The van der Waals surface area contributed by atoms with E-state index in [0.29, 0.717) is 11.4 Å². The molecule has 1 spiro atoms. The van der Waals surface area contributed by atoms with Crippen LogP contribution in [0.25, 0.3) is 0 Å². The van der Waals surface area contributed by atoms with Crippen LogP contribution < -0.4 is 14.4 Å².